The van der Waals surface area contributed by atoms with Crippen LogP contribution in [0.25, 0.3) is 0 Å². The van der Waals surface area contributed by atoms with E-state index < -0.39 is 11.6 Å². The maximum Gasteiger partial charge on any atom is 0.325 e. The lowest BCUT2D eigenvalue weighted by molar-refractivity contribution is -0.132. The molecule has 146 valence electrons. The summed E-state index contributed by atoms with van der Waals surface area (Å²) in [6, 6.07) is 9.94. The molecular formula is C20H18Cl2N2O4. The molecule has 2 aliphatic rings. The predicted octanol–water partition coefficient (Wildman–Crippen LogP) is 4.22. The number of fused-ring (bicyclic) bond motifs is 1. The van der Waals surface area contributed by atoms with Gasteiger partial charge in [-0.05, 0) is 36.2 Å². The van der Waals surface area contributed by atoms with Gasteiger partial charge in [-0.25, -0.2) is 4.79 Å². The smallest absolute Gasteiger partial charge is 0.325 e. The molecule has 28 heavy (non-hydrogen) atoms. The van der Waals surface area contributed by atoms with Crippen molar-refractivity contribution in [3.8, 4) is 5.75 Å². The van der Waals surface area contributed by atoms with Crippen LogP contribution in [0.3, 0.4) is 0 Å². The van der Waals surface area contributed by atoms with Gasteiger partial charge in [-0.1, -0.05) is 42.3 Å². The molecule has 1 saturated heterocycles. The summed E-state index contributed by atoms with van der Waals surface area (Å²) in [6.45, 7) is 2.40. The first-order valence-corrected chi connectivity index (χ1v) is 9.62. The van der Waals surface area contributed by atoms with Gasteiger partial charge in [-0.2, -0.15) is 0 Å². The van der Waals surface area contributed by atoms with Crippen LogP contribution in [-0.4, -0.2) is 23.6 Å². The minimum Gasteiger partial charge on any atom is -0.467 e. The molecule has 0 radical (unpaired) electrons. The van der Waals surface area contributed by atoms with E-state index in [1.165, 1.54) is 4.90 Å². The van der Waals surface area contributed by atoms with Crippen LogP contribution in [0.1, 0.15) is 30.0 Å². The van der Waals surface area contributed by atoms with E-state index in [9.17, 15) is 9.59 Å². The third-order valence-electron chi connectivity index (χ3n) is 5.12. The fraction of sp³-hybridized carbons (Fsp3) is 0.300. The van der Waals surface area contributed by atoms with Crippen LogP contribution in [0.2, 0.25) is 10.0 Å². The van der Waals surface area contributed by atoms with Gasteiger partial charge in [-0.3, -0.25) is 9.69 Å². The summed E-state index contributed by atoms with van der Waals surface area (Å²) in [7, 11) is 0. The Hall–Kier alpha value is -2.28. The lowest BCUT2D eigenvalue weighted by Gasteiger charge is -2.26. The number of benzene rings is 2. The van der Waals surface area contributed by atoms with Crippen molar-refractivity contribution in [1.29, 1.82) is 0 Å². The van der Waals surface area contributed by atoms with Crippen LogP contribution in [0.5, 0.6) is 5.75 Å². The first-order chi connectivity index (χ1) is 13.4. The van der Waals surface area contributed by atoms with E-state index in [-0.39, 0.29) is 19.2 Å². The van der Waals surface area contributed by atoms with Gasteiger partial charge >= 0.3 is 6.03 Å². The van der Waals surface area contributed by atoms with Crippen LogP contribution in [0.4, 0.5) is 4.79 Å². The zero-order valence-electron chi connectivity index (χ0n) is 15.1. The number of hydrogen-bond donors (Lipinski definition) is 1. The average Bonchev–Trinajstić information content (AvgIpc) is 2.93. The van der Waals surface area contributed by atoms with Crippen molar-refractivity contribution in [3.05, 3.63) is 63.1 Å². The number of urea groups is 1. The maximum atomic E-state index is 13.3. The van der Waals surface area contributed by atoms with Gasteiger partial charge in [-0.15, -0.1) is 0 Å². The lowest BCUT2D eigenvalue weighted by atomic mass is 9.87. The molecule has 0 bridgehead atoms. The minimum absolute atomic E-state index is 0.0584. The zero-order chi connectivity index (χ0) is 19.9. The molecule has 1 fully saturated rings. The van der Waals surface area contributed by atoms with E-state index >= 15 is 0 Å². The van der Waals surface area contributed by atoms with E-state index in [1.54, 1.807) is 36.4 Å². The van der Waals surface area contributed by atoms with Crippen LogP contribution in [0.15, 0.2) is 36.4 Å². The average molecular weight is 421 g/mol. The maximum absolute atomic E-state index is 13.3. The highest BCUT2D eigenvalue weighted by Crippen LogP contribution is 2.37. The number of imide groups is 1. The molecule has 1 N–H and O–H groups in total. The van der Waals surface area contributed by atoms with Crippen LogP contribution in [-0.2, 0) is 28.2 Å². The fourth-order valence-electron chi connectivity index (χ4n) is 3.69. The van der Waals surface area contributed by atoms with Crippen LogP contribution < -0.4 is 10.1 Å². The van der Waals surface area contributed by atoms with E-state index in [4.69, 9.17) is 32.7 Å². The molecule has 2 aromatic rings. The third kappa shape index (κ3) is 3.11. The summed E-state index contributed by atoms with van der Waals surface area (Å²) < 4.78 is 10.9. The Labute approximate surface area is 172 Å². The molecule has 0 saturated carbocycles. The van der Waals surface area contributed by atoms with E-state index in [0.29, 0.717) is 39.9 Å². The van der Waals surface area contributed by atoms with Gasteiger partial charge in [0.1, 0.15) is 11.3 Å². The van der Waals surface area contributed by atoms with Crippen molar-refractivity contribution < 1.29 is 19.1 Å². The quantitative estimate of drug-likeness (QED) is 0.751. The molecule has 2 aromatic carbocycles. The summed E-state index contributed by atoms with van der Waals surface area (Å²) >= 11 is 12.2. The monoisotopic (exact) mass is 420 g/mol. The largest absolute Gasteiger partial charge is 0.467 e. The van der Waals surface area contributed by atoms with Gasteiger partial charge in [0, 0.05) is 21.2 Å². The van der Waals surface area contributed by atoms with Gasteiger partial charge in [0.05, 0.1) is 13.2 Å². The molecule has 4 rings (SSSR count). The Morgan fingerprint density at radius 2 is 1.89 bits per heavy atom. The normalized spacial score (nSPS) is 21.3. The number of rotatable bonds is 4. The van der Waals surface area contributed by atoms with Crippen LogP contribution in [0, 0.1) is 0 Å². The van der Waals surface area contributed by atoms with Crippen LogP contribution >= 0.6 is 23.2 Å². The third-order valence-corrected chi connectivity index (χ3v) is 5.59. The number of carbonyl (C=O) groups is 2. The summed E-state index contributed by atoms with van der Waals surface area (Å²) in [4.78, 5) is 27.2. The van der Waals surface area contributed by atoms with Crippen molar-refractivity contribution in [3.63, 3.8) is 0 Å². The van der Waals surface area contributed by atoms with Crippen molar-refractivity contribution >= 4 is 35.1 Å². The number of nitrogens with one attached hydrogen (secondary N) is 1. The Kier molecular flexibility index (Phi) is 4.95. The molecule has 3 amide bonds. The highest BCUT2D eigenvalue weighted by Gasteiger charge is 2.51. The van der Waals surface area contributed by atoms with E-state index in [1.807, 2.05) is 6.92 Å². The number of carbonyl (C=O) groups excluding carboxylic acids is 2. The van der Waals surface area contributed by atoms with Crippen molar-refractivity contribution in [2.45, 2.75) is 32.0 Å². The summed E-state index contributed by atoms with van der Waals surface area (Å²) in [6.07, 6.45) is 0.410. The molecular weight excluding hydrogens is 403 g/mol. The molecule has 0 aromatic heterocycles. The summed E-state index contributed by atoms with van der Waals surface area (Å²) in [5, 5.41) is 3.92. The van der Waals surface area contributed by atoms with Gasteiger partial charge in [0.15, 0.2) is 6.79 Å². The highest BCUT2D eigenvalue weighted by molar-refractivity contribution is 6.31. The lowest BCUT2D eigenvalue weighted by Crippen LogP contribution is -2.43. The SMILES string of the molecule is CCC1(c2ccc(Cl)cc2)NC(=O)N(Cc2cc(Cl)cc3c2OCOC3)C1=O. The topological polar surface area (TPSA) is 67.9 Å². The second-order valence-electron chi connectivity index (χ2n) is 6.75. The second-order valence-corrected chi connectivity index (χ2v) is 7.62. The number of halogens is 2. The highest BCUT2D eigenvalue weighted by atomic mass is 35.5. The first kappa shape index (κ1) is 19.1. The molecule has 6 nitrogen and oxygen atoms in total. The predicted molar refractivity (Wildman–Crippen MR) is 104 cm³/mol. The number of amides is 3. The molecule has 0 spiro atoms. The van der Waals surface area contributed by atoms with Crippen molar-refractivity contribution in [1.82, 2.24) is 10.2 Å². The first-order valence-electron chi connectivity index (χ1n) is 8.86. The second kappa shape index (κ2) is 7.28. The molecule has 2 heterocycles. The molecule has 1 unspecified atom stereocenters. The van der Waals surface area contributed by atoms with E-state index in [0.717, 1.165) is 5.56 Å². The van der Waals surface area contributed by atoms with Gasteiger partial charge < -0.3 is 14.8 Å². The Morgan fingerprint density at radius 3 is 2.61 bits per heavy atom. The zero-order valence-corrected chi connectivity index (χ0v) is 16.6. The number of nitrogens with zero attached hydrogens (tertiary/aromatic N) is 1. The Morgan fingerprint density at radius 1 is 1.14 bits per heavy atom. The van der Waals surface area contributed by atoms with Gasteiger partial charge in [0.25, 0.3) is 5.91 Å². The Balaban J connectivity index is 1.69. The van der Waals surface area contributed by atoms with Crippen molar-refractivity contribution in [2.75, 3.05) is 6.79 Å². The summed E-state index contributed by atoms with van der Waals surface area (Å²) in [5.74, 6) is 0.292. The van der Waals surface area contributed by atoms with Crippen molar-refractivity contribution in [2.24, 2.45) is 0 Å². The minimum atomic E-state index is -1.12. The fourth-order valence-corrected chi connectivity index (χ4v) is 4.08. The summed E-state index contributed by atoms with van der Waals surface area (Å²) in [5.41, 5.74) is 1.03. The van der Waals surface area contributed by atoms with E-state index in [2.05, 4.69) is 5.32 Å². The number of hydrogen-bond acceptors (Lipinski definition) is 4. The Bertz CT molecular complexity index is 948. The molecule has 0 aliphatic carbocycles. The number of ether oxygens (including phenoxy) is 2. The standard InChI is InChI=1S/C20H18Cl2N2O4/c1-2-20(14-3-5-15(21)6-4-14)18(25)24(19(26)23-20)9-12-7-16(22)8-13-10-27-11-28-17(12)13/h3-8H,2,9-11H2,1H3,(H,23,26). The molecule has 8 heteroatoms. The van der Waals surface area contributed by atoms with Gasteiger partial charge in [0.2, 0.25) is 0 Å². The molecule has 2 aliphatic heterocycles. The molecule has 1 atom stereocenters.